The number of rotatable bonds is 10. The number of benzene rings is 1. The summed E-state index contributed by atoms with van der Waals surface area (Å²) in [6.45, 7) is 6.02. The molecule has 2 rings (SSSR count). The van der Waals surface area contributed by atoms with E-state index in [4.69, 9.17) is 10.6 Å². The minimum Gasteiger partial charge on any atom is -0.383 e. The molecule has 0 bridgehead atoms. The summed E-state index contributed by atoms with van der Waals surface area (Å²) in [6.07, 6.45) is 2.01. The molecule has 0 spiro atoms. The van der Waals surface area contributed by atoms with Gasteiger partial charge in [0.05, 0.1) is 6.61 Å². The van der Waals surface area contributed by atoms with Crippen molar-refractivity contribution in [3.8, 4) is 0 Å². The van der Waals surface area contributed by atoms with Crippen molar-refractivity contribution in [3.05, 3.63) is 60.6 Å². The molecule has 0 atom stereocenters. The van der Waals surface area contributed by atoms with Crippen molar-refractivity contribution in [3.63, 3.8) is 0 Å². The second kappa shape index (κ2) is 15.4. The molecule has 8 nitrogen and oxygen atoms in total. The average molecular weight is 479 g/mol. The second-order valence-corrected chi connectivity index (χ2v) is 7.00. The maximum absolute atomic E-state index is 12.9. The Balaban J connectivity index is 0.00000480. The molecule has 0 saturated heterocycles. The molecule has 9 heteroatoms. The topological polar surface area (TPSA) is 105 Å². The third kappa shape index (κ3) is 8.63. The number of ether oxygens (including phenoxy) is 1. The Morgan fingerprint density at radius 1 is 1.28 bits per heavy atom. The fraction of sp³-hybridized carbons (Fsp3) is 0.391. The average Bonchev–Trinajstić information content (AvgIpc) is 2.75. The van der Waals surface area contributed by atoms with E-state index in [1.165, 1.54) is 0 Å². The van der Waals surface area contributed by atoms with E-state index < -0.39 is 0 Å². The van der Waals surface area contributed by atoms with Gasteiger partial charge in [-0.15, -0.1) is 0 Å². The van der Waals surface area contributed by atoms with Gasteiger partial charge in [-0.2, -0.15) is 0 Å². The zero-order valence-electron chi connectivity index (χ0n) is 19.7. The van der Waals surface area contributed by atoms with Gasteiger partial charge in [0.1, 0.15) is 11.5 Å². The number of nitrogens with one attached hydrogen (secondary N) is 2. The molecule has 2 aromatic rings. The minimum atomic E-state index is -0.218. The molecule has 0 aliphatic heterocycles. The number of carbonyl (C=O) groups is 1. The summed E-state index contributed by atoms with van der Waals surface area (Å²) in [7, 11) is 3.64. The summed E-state index contributed by atoms with van der Waals surface area (Å²) < 4.78 is 5.13. The smallest absolute Gasteiger partial charge is 0.257 e. The SMILES string of the molecule is CCCCN=C(NN)c1cccc(NC(=O)c2cc(N(C)CCOC)ccc2C)n1.[CH3-].[V]. The maximum Gasteiger partial charge on any atom is 0.257 e. The summed E-state index contributed by atoms with van der Waals surface area (Å²) in [4.78, 5) is 23.9. The molecule has 32 heavy (non-hydrogen) atoms. The second-order valence-electron chi connectivity index (χ2n) is 7.00. The van der Waals surface area contributed by atoms with Gasteiger partial charge in [-0.3, -0.25) is 9.79 Å². The van der Waals surface area contributed by atoms with Crippen LogP contribution < -0.4 is 21.5 Å². The van der Waals surface area contributed by atoms with Gasteiger partial charge in [0.2, 0.25) is 0 Å². The number of methoxy groups -OCH3 is 1. The first-order valence-corrected chi connectivity index (χ1v) is 10.1. The van der Waals surface area contributed by atoms with Crippen LogP contribution in [0.3, 0.4) is 0 Å². The molecule has 1 aromatic heterocycles. The van der Waals surface area contributed by atoms with Gasteiger partial charge in [0, 0.05) is 57.1 Å². The van der Waals surface area contributed by atoms with E-state index >= 15 is 0 Å². The van der Waals surface area contributed by atoms with Crippen LogP contribution in [0.15, 0.2) is 41.4 Å². The van der Waals surface area contributed by atoms with Crippen molar-refractivity contribution >= 4 is 23.2 Å². The number of likely N-dealkylation sites (N-methyl/N-ethyl adjacent to an activating group) is 1. The van der Waals surface area contributed by atoms with Gasteiger partial charge in [-0.25, -0.2) is 10.8 Å². The van der Waals surface area contributed by atoms with Crippen LogP contribution in [-0.4, -0.2) is 50.6 Å². The maximum atomic E-state index is 12.9. The molecule has 1 heterocycles. The van der Waals surface area contributed by atoms with Gasteiger partial charge in [-0.05, 0) is 43.2 Å². The van der Waals surface area contributed by atoms with Crippen LogP contribution in [0.5, 0.6) is 0 Å². The zero-order chi connectivity index (χ0) is 21.9. The Morgan fingerprint density at radius 2 is 2.03 bits per heavy atom. The molecule has 0 aliphatic carbocycles. The van der Waals surface area contributed by atoms with Crippen molar-refractivity contribution in [2.45, 2.75) is 26.7 Å². The number of aromatic nitrogens is 1. The number of amides is 1. The molecule has 4 N–H and O–H groups in total. The molecule has 175 valence electrons. The number of hydrogen-bond acceptors (Lipinski definition) is 6. The number of anilines is 2. The van der Waals surface area contributed by atoms with Crippen LogP contribution in [0.1, 0.15) is 41.4 Å². The van der Waals surface area contributed by atoms with E-state index in [-0.39, 0.29) is 31.9 Å². The quantitative estimate of drug-likeness (QED) is 0.121. The Bertz CT molecular complexity index is 875. The molecule has 0 aliphatic rings. The number of aryl methyl sites for hydroxylation is 1. The molecule has 0 fully saturated rings. The van der Waals surface area contributed by atoms with E-state index in [2.05, 4.69) is 27.6 Å². The molecule has 0 unspecified atom stereocenters. The number of carbonyl (C=O) groups excluding carboxylic acids is 1. The number of amidine groups is 1. The summed E-state index contributed by atoms with van der Waals surface area (Å²) in [6, 6.07) is 11.2. The molecule has 0 saturated carbocycles. The van der Waals surface area contributed by atoms with Gasteiger partial charge in [-0.1, -0.05) is 25.5 Å². The van der Waals surface area contributed by atoms with E-state index in [0.29, 0.717) is 36.1 Å². The summed E-state index contributed by atoms with van der Waals surface area (Å²) in [5, 5.41) is 2.88. The van der Waals surface area contributed by atoms with Crippen molar-refractivity contribution < 1.29 is 28.1 Å². The standard InChI is InChI=1S/C22H32N6O2.CH3.V/c1-5-6-12-24-21(27-23)19-8-7-9-20(25-19)26-22(29)18-15-17(11-10-16(18)2)28(3)13-14-30-4;;/h7-11,15H,5-6,12-14,23H2,1-4H3,(H,24,27)(H,25,26,29);1H3;/q;-1;. The van der Waals surface area contributed by atoms with Crippen molar-refractivity contribution in [1.82, 2.24) is 10.4 Å². The van der Waals surface area contributed by atoms with Crippen LogP contribution in [0.4, 0.5) is 11.5 Å². The third-order valence-electron chi connectivity index (χ3n) is 4.69. The number of unbranched alkanes of at least 4 members (excludes halogenated alkanes) is 1. The fourth-order valence-corrected chi connectivity index (χ4v) is 2.82. The van der Waals surface area contributed by atoms with Crippen molar-refractivity contribution in [2.75, 3.05) is 44.1 Å². The third-order valence-corrected chi connectivity index (χ3v) is 4.69. The van der Waals surface area contributed by atoms with Gasteiger partial charge >= 0.3 is 0 Å². The Kier molecular flexibility index (Phi) is 14.3. The first-order chi connectivity index (χ1) is 14.5. The molecular formula is C23H35N6O2V-. The minimum absolute atomic E-state index is 0. The predicted molar refractivity (Wildman–Crippen MR) is 129 cm³/mol. The number of hydrazine groups is 1. The number of nitrogens with zero attached hydrogens (tertiary/aromatic N) is 3. The Morgan fingerprint density at radius 3 is 2.69 bits per heavy atom. The van der Waals surface area contributed by atoms with Crippen LogP contribution in [0.25, 0.3) is 0 Å². The summed E-state index contributed by atoms with van der Waals surface area (Å²) in [5.41, 5.74) is 5.60. The monoisotopic (exact) mass is 478 g/mol. The van der Waals surface area contributed by atoms with E-state index in [0.717, 1.165) is 30.6 Å². The summed E-state index contributed by atoms with van der Waals surface area (Å²) in [5.74, 6) is 6.33. The number of nitrogens with two attached hydrogens (primary N) is 1. The molecule has 1 radical (unpaired) electrons. The zero-order valence-corrected chi connectivity index (χ0v) is 21.1. The van der Waals surface area contributed by atoms with Crippen LogP contribution in [0, 0.1) is 14.4 Å². The first-order valence-electron chi connectivity index (χ1n) is 10.1. The fourth-order valence-electron chi connectivity index (χ4n) is 2.82. The number of aliphatic imine (C=N–C) groups is 1. The van der Waals surface area contributed by atoms with Gasteiger partial charge in [0.25, 0.3) is 5.91 Å². The van der Waals surface area contributed by atoms with Gasteiger partial charge in [0.15, 0.2) is 5.84 Å². The van der Waals surface area contributed by atoms with Crippen molar-refractivity contribution in [1.29, 1.82) is 0 Å². The van der Waals surface area contributed by atoms with Crippen LogP contribution >= 0.6 is 0 Å². The van der Waals surface area contributed by atoms with Crippen LogP contribution in [-0.2, 0) is 23.3 Å². The van der Waals surface area contributed by atoms with Crippen molar-refractivity contribution in [2.24, 2.45) is 10.8 Å². The van der Waals surface area contributed by atoms with Crippen LogP contribution in [0.2, 0.25) is 0 Å². The Labute approximate surface area is 203 Å². The normalized spacial score (nSPS) is 10.6. The largest absolute Gasteiger partial charge is 0.383 e. The van der Waals surface area contributed by atoms with Gasteiger partial charge < -0.3 is 27.8 Å². The molecular weight excluding hydrogens is 443 g/mol. The molecule has 1 aromatic carbocycles. The Hall–Kier alpha value is -2.39. The van der Waals surface area contributed by atoms with E-state index in [1.807, 2.05) is 43.1 Å². The first kappa shape index (κ1) is 29.6. The molecule has 1 amide bonds. The number of hydrogen-bond donors (Lipinski definition) is 3. The van der Waals surface area contributed by atoms with E-state index in [9.17, 15) is 4.79 Å². The number of pyridine rings is 1. The summed E-state index contributed by atoms with van der Waals surface area (Å²) >= 11 is 0. The van der Waals surface area contributed by atoms with E-state index in [1.54, 1.807) is 19.2 Å². The predicted octanol–water partition coefficient (Wildman–Crippen LogP) is 3.18.